The summed E-state index contributed by atoms with van der Waals surface area (Å²) in [4.78, 5) is 0. The molecule has 0 fully saturated rings. The summed E-state index contributed by atoms with van der Waals surface area (Å²) in [5.41, 5.74) is 0.442. The summed E-state index contributed by atoms with van der Waals surface area (Å²) in [6.45, 7) is 15.5. The zero-order valence-corrected chi connectivity index (χ0v) is 13.6. The quantitative estimate of drug-likeness (QED) is 0.541. The molecule has 0 saturated carbocycles. The van der Waals surface area contributed by atoms with Crippen molar-refractivity contribution >= 4 is 0 Å². The van der Waals surface area contributed by atoms with Gasteiger partial charge in [-0.1, -0.05) is 34.6 Å². The van der Waals surface area contributed by atoms with E-state index in [1.54, 1.807) is 0 Å². The van der Waals surface area contributed by atoms with Crippen LogP contribution in [0.3, 0.4) is 0 Å². The molecule has 0 saturated heterocycles. The molecule has 0 N–H and O–H groups in total. The second-order valence-corrected chi connectivity index (χ2v) is 7.14. The minimum Gasteiger partial charge on any atom is -0.324 e. The minimum atomic E-state index is 0.442. The zero-order valence-electron chi connectivity index (χ0n) is 13.6. The van der Waals surface area contributed by atoms with Crippen molar-refractivity contribution in [3.05, 3.63) is 0 Å². The van der Waals surface area contributed by atoms with E-state index in [1.165, 1.54) is 36.7 Å². The van der Waals surface area contributed by atoms with Gasteiger partial charge < -0.3 is 4.48 Å². The predicted molar refractivity (Wildman–Crippen MR) is 79.2 cm³/mol. The molecule has 0 heterocycles. The van der Waals surface area contributed by atoms with Gasteiger partial charge in [0.05, 0.1) is 26.2 Å². The molecule has 0 aromatic heterocycles. The first-order valence-corrected chi connectivity index (χ1v) is 7.51. The van der Waals surface area contributed by atoms with Crippen molar-refractivity contribution in [2.24, 2.45) is 11.8 Å². The van der Waals surface area contributed by atoms with E-state index in [0.29, 0.717) is 5.54 Å². The highest BCUT2D eigenvalue weighted by Crippen LogP contribution is 2.29. The van der Waals surface area contributed by atoms with E-state index in [9.17, 15) is 0 Å². The van der Waals surface area contributed by atoms with Gasteiger partial charge in [0.15, 0.2) is 0 Å². The van der Waals surface area contributed by atoms with E-state index in [1.807, 2.05) is 0 Å². The summed E-state index contributed by atoms with van der Waals surface area (Å²) in [7, 11) is 4.82. The van der Waals surface area contributed by atoms with E-state index >= 15 is 0 Å². The number of hydrogen-bond acceptors (Lipinski definition) is 0. The largest absolute Gasteiger partial charge is 0.324 e. The van der Waals surface area contributed by atoms with Crippen LogP contribution < -0.4 is 0 Å². The Labute approximate surface area is 110 Å². The number of hydrogen-bond donors (Lipinski definition) is 0. The highest BCUT2D eigenvalue weighted by Gasteiger charge is 2.37. The van der Waals surface area contributed by atoms with Gasteiger partial charge in [0.1, 0.15) is 0 Å². The second kappa shape index (κ2) is 6.78. The van der Waals surface area contributed by atoms with Gasteiger partial charge in [-0.15, -0.1) is 0 Å². The Kier molecular flexibility index (Phi) is 6.76. The first-order chi connectivity index (χ1) is 7.68. The molecule has 1 nitrogen and oxygen atoms in total. The molecule has 0 bridgehead atoms. The molecule has 17 heavy (non-hydrogen) atoms. The lowest BCUT2D eigenvalue weighted by atomic mass is 9.89. The molecule has 0 aliphatic rings. The van der Waals surface area contributed by atoms with E-state index in [2.05, 4.69) is 55.6 Å². The maximum Gasteiger partial charge on any atom is 0.0954 e. The number of rotatable bonds is 8. The first kappa shape index (κ1) is 17.0. The van der Waals surface area contributed by atoms with E-state index in [4.69, 9.17) is 0 Å². The van der Waals surface area contributed by atoms with Crippen molar-refractivity contribution in [2.75, 3.05) is 20.6 Å². The van der Waals surface area contributed by atoms with Crippen LogP contribution in [0, 0.1) is 11.8 Å². The molecule has 1 atom stereocenters. The predicted octanol–water partition coefficient (Wildman–Crippen LogP) is 4.71. The lowest BCUT2D eigenvalue weighted by Crippen LogP contribution is -2.57. The van der Waals surface area contributed by atoms with Crippen molar-refractivity contribution < 1.29 is 4.48 Å². The van der Waals surface area contributed by atoms with Crippen LogP contribution in [-0.2, 0) is 0 Å². The average molecular weight is 242 g/mol. The summed E-state index contributed by atoms with van der Waals surface area (Å²) in [5, 5.41) is 0. The van der Waals surface area contributed by atoms with Crippen molar-refractivity contribution in [3.8, 4) is 0 Å². The fourth-order valence-corrected chi connectivity index (χ4v) is 2.84. The second-order valence-electron chi connectivity index (χ2n) is 7.14. The van der Waals surface area contributed by atoms with Crippen LogP contribution in [0.15, 0.2) is 0 Å². The highest BCUT2D eigenvalue weighted by molar-refractivity contribution is 4.72. The molecule has 0 spiro atoms. The molecule has 0 aliphatic carbocycles. The molecule has 0 aromatic carbocycles. The van der Waals surface area contributed by atoms with Crippen molar-refractivity contribution in [3.63, 3.8) is 0 Å². The van der Waals surface area contributed by atoms with E-state index in [-0.39, 0.29) is 0 Å². The maximum atomic E-state index is 2.44. The van der Waals surface area contributed by atoms with E-state index in [0.717, 1.165) is 11.8 Å². The molecular formula is C16H36N+. The van der Waals surface area contributed by atoms with Crippen LogP contribution >= 0.6 is 0 Å². The third kappa shape index (κ3) is 4.99. The third-order valence-corrected chi connectivity index (χ3v) is 5.04. The summed E-state index contributed by atoms with van der Waals surface area (Å²) in [6, 6.07) is 0. The Balaban J connectivity index is 4.35. The number of quaternary nitrogens is 1. The lowest BCUT2D eigenvalue weighted by molar-refractivity contribution is -0.941. The molecule has 0 rings (SSSR count). The molecule has 1 unspecified atom stereocenters. The fraction of sp³-hybridized carbons (Fsp3) is 1.00. The van der Waals surface area contributed by atoms with Gasteiger partial charge in [0.25, 0.3) is 0 Å². The van der Waals surface area contributed by atoms with Gasteiger partial charge in [-0.05, 0) is 44.4 Å². The Morgan fingerprint density at radius 1 is 1.00 bits per heavy atom. The first-order valence-electron chi connectivity index (χ1n) is 7.51. The summed E-state index contributed by atoms with van der Waals surface area (Å²) in [6.07, 6.45) is 5.28. The third-order valence-electron chi connectivity index (χ3n) is 5.04. The Morgan fingerprint density at radius 3 is 1.82 bits per heavy atom. The summed E-state index contributed by atoms with van der Waals surface area (Å²) in [5.74, 6) is 1.70. The van der Waals surface area contributed by atoms with E-state index < -0.39 is 0 Å². The van der Waals surface area contributed by atoms with Gasteiger partial charge in [-0.25, -0.2) is 0 Å². The standard InChI is InChI=1S/C16H36N/c1-9-16(6,10-2)17(7,8)12-11-15(5)13-14(3)4/h14-15H,9-13H2,1-8H3/q+1. The van der Waals surface area contributed by atoms with Gasteiger partial charge >= 0.3 is 0 Å². The van der Waals surface area contributed by atoms with Crippen LogP contribution in [0.1, 0.15) is 67.2 Å². The topological polar surface area (TPSA) is 0 Å². The maximum absolute atomic E-state index is 2.44. The molecule has 1 heteroatoms. The van der Waals surface area contributed by atoms with Gasteiger partial charge in [0.2, 0.25) is 0 Å². The molecule has 0 aliphatic heterocycles. The van der Waals surface area contributed by atoms with Crippen LogP contribution in [0.5, 0.6) is 0 Å². The zero-order chi connectivity index (χ0) is 13.7. The highest BCUT2D eigenvalue weighted by atomic mass is 15.4. The van der Waals surface area contributed by atoms with Crippen molar-refractivity contribution in [2.45, 2.75) is 72.8 Å². The minimum absolute atomic E-state index is 0.442. The monoisotopic (exact) mass is 242 g/mol. The number of nitrogens with zero attached hydrogens (tertiary/aromatic N) is 1. The summed E-state index contributed by atoms with van der Waals surface area (Å²) >= 11 is 0. The Morgan fingerprint density at radius 2 is 1.47 bits per heavy atom. The molecule has 0 amide bonds. The smallest absolute Gasteiger partial charge is 0.0954 e. The molecular weight excluding hydrogens is 206 g/mol. The van der Waals surface area contributed by atoms with Crippen LogP contribution in [0.2, 0.25) is 0 Å². The SMILES string of the molecule is CCC(C)(CC)[N+](C)(C)CCC(C)CC(C)C. The molecule has 104 valence electrons. The van der Waals surface area contributed by atoms with Gasteiger partial charge in [-0.2, -0.15) is 0 Å². The molecule has 0 aromatic rings. The van der Waals surface area contributed by atoms with Crippen molar-refractivity contribution in [1.82, 2.24) is 0 Å². The van der Waals surface area contributed by atoms with Crippen LogP contribution in [0.25, 0.3) is 0 Å². The Hall–Kier alpha value is -0.0400. The van der Waals surface area contributed by atoms with Gasteiger partial charge in [0, 0.05) is 0 Å². The Bertz CT molecular complexity index is 202. The van der Waals surface area contributed by atoms with Crippen LogP contribution in [-0.4, -0.2) is 30.7 Å². The van der Waals surface area contributed by atoms with Crippen LogP contribution in [0.4, 0.5) is 0 Å². The normalized spacial score (nSPS) is 15.4. The molecule has 0 radical (unpaired) electrons. The summed E-state index contributed by atoms with van der Waals surface area (Å²) < 4.78 is 1.17. The van der Waals surface area contributed by atoms with Crippen molar-refractivity contribution in [1.29, 1.82) is 0 Å². The fourth-order valence-electron chi connectivity index (χ4n) is 2.84. The lowest BCUT2D eigenvalue weighted by Gasteiger charge is -2.46. The average Bonchev–Trinajstić information content (AvgIpc) is 2.24. The van der Waals surface area contributed by atoms with Gasteiger partial charge in [-0.3, -0.25) is 0 Å².